The molecule has 0 aliphatic rings. The number of hydrogen-bond donors (Lipinski definition) is 2. The van der Waals surface area contributed by atoms with Gasteiger partial charge >= 0.3 is 6.09 Å². The zero-order chi connectivity index (χ0) is 14.5. The molecule has 0 radical (unpaired) electrons. The minimum absolute atomic E-state index is 0.104. The third-order valence-corrected chi connectivity index (χ3v) is 2.20. The number of hydrogen-bond acceptors (Lipinski definition) is 3. The van der Waals surface area contributed by atoms with Gasteiger partial charge in [-0.1, -0.05) is 23.8 Å². The zero-order valence-corrected chi connectivity index (χ0v) is 12.0. The topological polar surface area (TPSA) is 58.6 Å². The highest BCUT2D eigenvalue weighted by Crippen LogP contribution is 2.20. The van der Waals surface area contributed by atoms with E-state index in [4.69, 9.17) is 16.3 Å². The molecule has 4 nitrogen and oxygen atoms in total. The normalized spacial score (nSPS) is 11.6. The second-order valence-electron chi connectivity index (χ2n) is 5.03. The molecule has 1 amide bonds. The number of nitrogens with one attached hydrogen (secondary N) is 1. The molecule has 0 spiro atoms. The van der Waals surface area contributed by atoms with Crippen molar-refractivity contribution in [3.8, 4) is 5.75 Å². The second-order valence-corrected chi connectivity index (χ2v) is 5.46. The second kappa shape index (κ2) is 6.48. The first kappa shape index (κ1) is 15.4. The summed E-state index contributed by atoms with van der Waals surface area (Å²) in [6, 6.07) is 4.75. The van der Waals surface area contributed by atoms with Crippen LogP contribution in [0.25, 0.3) is 6.08 Å². The molecule has 2 N–H and O–H groups in total. The van der Waals surface area contributed by atoms with Crippen molar-refractivity contribution in [2.75, 3.05) is 6.54 Å². The Kier molecular flexibility index (Phi) is 5.24. The molecule has 19 heavy (non-hydrogen) atoms. The lowest BCUT2D eigenvalue weighted by atomic mass is 10.2. The van der Waals surface area contributed by atoms with Crippen LogP contribution in [0.5, 0.6) is 5.75 Å². The molecule has 0 aliphatic carbocycles. The molecule has 0 saturated heterocycles. The van der Waals surface area contributed by atoms with Crippen LogP contribution in [0.3, 0.4) is 0 Å². The molecule has 1 rings (SSSR count). The summed E-state index contributed by atoms with van der Waals surface area (Å²) in [4.78, 5) is 11.3. The molecule has 104 valence electrons. The Hall–Kier alpha value is -1.68. The van der Waals surface area contributed by atoms with Crippen LogP contribution in [0, 0.1) is 0 Å². The van der Waals surface area contributed by atoms with Gasteiger partial charge in [-0.05, 0) is 44.5 Å². The van der Waals surface area contributed by atoms with Crippen molar-refractivity contribution in [3.63, 3.8) is 0 Å². The van der Waals surface area contributed by atoms with Crippen molar-refractivity contribution >= 4 is 23.8 Å². The summed E-state index contributed by atoms with van der Waals surface area (Å²) in [6.45, 7) is 5.74. The van der Waals surface area contributed by atoms with Gasteiger partial charge in [0.1, 0.15) is 11.4 Å². The van der Waals surface area contributed by atoms with Gasteiger partial charge < -0.3 is 15.2 Å². The number of ether oxygens (including phenoxy) is 1. The van der Waals surface area contributed by atoms with Gasteiger partial charge in [-0.15, -0.1) is 0 Å². The average Bonchev–Trinajstić information content (AvgIpc) is 2.20. The van der Waals surface area contributed by atoms with E-state index in [0.717, 1.165) is 5.56 Å². The van der Waals surface area contributed by atoms with Gasteiger partial charge in [0, 0.05) is 11.6 Å². The van der Waals surface area contributed by atoms with Crippen LogP contribution in [0.2, 0.25) is 5.02 Å². The first-order valence-corrected chi connectivity index (χ1v) is 6.27. The fraction of sp³-hybridized carbons (Fsp3) is 0.357. The minimum atomic E-state index is -0.507. The molecular weight excluding hydrogens is 266 g/mol. The van der Waals surface area contributed by atoms with E-state index >= 15 is 0 Å². The average molecular weight is 284 g/mol. The zero-order valence-electron chi connectivity index (χ0n) is 11.2. The van der Waals surface area contributed by atoms with E-state index in [0.29, 0.717) is 11.6 Å². The summed E-state index contributed by atoms with van der Waals surface area (Å²) in [5.74, 6) is 0.104. The molecule has 0 aromatic heterocycles. The van der Waals surface area contributed by atoms with Gasteiger partial charge in [-0.25, -0.2) is 4.79 Å². The van der Waals surface area contributed by atoms with Crippen LogP contribution in [-0.2, 0) is 4.74 Å². The smallest absolute Gasteiger partial charge is 0.407 e. The van der Waals surface area contributed by atoms with Crippen molar-refractivity contribution < 1.29 is 14.6 Å². The number of alkyl carbamates (subject to hydrolysis) is 1. The van der Waals surface area contributed by atoms with Crippen molar-refractivity contribution in [2.45, 2.75) is 26.4 Å². The number of amides is 1. The monoisotopic (exact) mass is 283 g/mol. The molecule has 0 unspecified atom stereocenters. The molecule has 0 bridgehead atoms. The lowest BCUT2D eigenvalue weighted by molar-refractivity contribution is 0.0534. The first-order chi connectivity index (χ1) is 8.76. The fourth-order valence-corrected chi connectivity index (χ4v) is 1.58. The lowest BCUT2D eigenvalue weighted by Gasteiger charge is -2.19. The lowest BCUT2D eigenvalue weighted by Crippen LogP contribution is -2.32. The van der Waals surface area contributed by atoms with E-state index in [9.17, 15) is 9.90 Å². The van der Waals surface area contributed by atoms with Gasteiger partial charge in [-0.3, -0.25) is 0 Å². The quantitative estimate of drug-likeness (QED) is 0.891. The summed E-state index contributed by atoms with van der Waals surface area (Å²) in [7, 11) is 0. The van der Waals surface area contributed by atoms with Crippen molar-refractivity contribution in [1.82, 2.24) is 5.32 Å². The Morgan fingerprint density at radius 2 is 2.11 bits per heavy atom. The molecule has 0 aliphatic heterocycles. The fourth-order valence-electron chi connectivity index (χ4n) is 1.34. The first-order valence-electron chi connectivity index (χ1n) is 5.89. The number of benzene rings is 1. The molecule has 1 aromatic rings. The van der Waals surface area contributed by atoms with Crippen LogP contribution in [0.4, 0.5) is 4.79 Å². The Bertz CT molecular complexity index is 458. The summed E-state index contributed by atoms with van der Waals surface area (Å²) < 4.78 is 5.08. The van der Waals surface area contributed by atoms with Crippen LogP contribution >= 0.6 is 11.6 Å². The molecular formula is C14H18ClNO3. The van der Waals surface area contributed by atoms with E-state index < -0.39 is 11.7 Å². The molecule has 0 saturated carbocycles. The van der Waals surface area contributed by atoms with Crippen LogP contribution in [0.15, 0.2) is 24.3 Å². The van der Waals surface area contributed by atoms with Crippen molar-refractivity contribution in [3.05, 3.63) is 34.9 Å². The van der Waals surface area contributed by atoms with Crippen molar-refractivity contribution in [2.24, 2.45) is 0 Å². The summed E-state index contributed by atoms with van der Waals surface area (Å²) in [6.07, 6.45) is 3.03. The predicted molar refractivity (Wildman–Crippen MR) is 76.4 cm³/mol. The number of phenols is 1. The molecule has 1 aromatic carbocycles. The summed E-state index contributed by atoms with van der Waals surface area (Å²) in [5.41, 5.74) is 0.253. The van der Waals surface area contributed by atoms with Crippen LogP contribution in [-0.4, -0.2) is 23.3 Å². The van der Waals surface area contributed by atoms with Gasteiger partial charge in [-0.2, -0.15) is 0 Å². The van der Waals surface area contributed by atoms with Gasteiger partial charge in [0.2, 0.25) is 0 Å². The minimum Gasteiger partial charge on any atom is -0.508 e. The highest BCUT2D eigenvalue weighted by atomic mass is 35.5. The highest BCUT2D eigenvalue weighted by molar-refractivity contribution is 6.30. The third kappa shape index (κ3) is 6.72. The number of carbonyl (C=O) groups is 1. The Balaban J connectivity index is 2.44. The summed E-state index contributed by atoms with van der Waals surface area (Å²) >= 11 is 5.80. The van der Waals surface area contributed by atoms with E-state index in [1.54, 1.807) is 45.1 Å². The Morgan fingerprint density at radius 1 is 1.42 bits per heavy atom. The maximum atomic E-state index is 11.3. The number of phenolic OH excluding ortho intramolecular Hbond substituents is 1. The van der Waals surface area contributed by atoms with E-state index in [-0.39, 0.29) is 5.75 Å². The predicted octanol–water partition coefficient (Wildman–Crippen LogP) is 3.58. The van der Waals surface area contributed by atoms with Gasteiger partial charge in [0.05, 0.1) is 0 Å². The van der Waals surface area contributed by atoms with Crippen LogP contribution in [0.1, 0.15) is 26.3 Å². The molecule has 0 atom stereocenters. The number of halogens is 1. The Labute approximate surface area is 118 Å². The van der Waals surface area contributed by atoms with Gasteiger partial charge in [0.15, 0.2) is 0 Å². The van der Waals surface area contributed by atoms with Gasteiger partial charge in [0.25, 0.3) is 0 Å². The third-order valence-electron chi connectivity index (χ3n) is 1.98. The maximum absolute atomic E-state index is 11.3. The van der Waals surface area contributed by atoms with E-state index in [1.807, 2.05) is 0 Å². The molecule has 0 fully saturated rings. The summed E-state index contributed by atoms with van der Waals surface area (Å²) in [5, 5.41) is 12.4. The van der Waals surface area contributed by atoms with Crippen molar-refractivity contribution in [1.29, 1.82) is 0 Å². The number of rotatable bonds is 3. The molecule has 0 heterocycles. The SMILES string of the molecule is CC(C)(C)OC(=O)NCC=Cc1cc(O)cc(Cl)c1. The van der Waals surface area contributed by atoms with E-state index in [2.05, 4.69) is 5.32 Å². The molecule has 5 heteroatoms. The standard InChI is InChI=1S/C14H18ClNO3/c1-14(2,3)19-13(18)16-6-4-5-10-7-11(15)9-12(17)8-10/h4-5,7-9,17H,6H2,1-3H3,(H,16,18). The highest BCUT2D eigenvalue weighted by Gasteiger charge is 2.14. The maximum Gasteiger partial charge on any atom is 0.407 e. The number of carbonyl (C=O) groups excluding carboxylic acids is 1. The van der Waals surface area contributed by atoms with Crippen LogP contribution < -0.4 is 5.32 Å². The largest absolute Gasteiger partial charge is 0.508 e. The van der Waals surface area contributed by atoms with E-state index in [1.165, 1.54) is 6.07 Å². The Morgan fingerprint density at radius 3 is 2.68 bits per heavy atom. The number of aromatic hydroxyl groups is 1.